The predicted molar refractivity (Wildman–Crippen MR) is 82.8 cm³/mol. The molecular formula is C16H16F3N3O4. The Morgan fingerprint density at radius 3 is 2.58 bits per heavy atom. The number of fused-ring (bicyclic) bond motifs is 1. The number of nitrogens with one attached hydrogen (secondary N) is 1. The highest BCUT2D eigenvalue weighted by molar-refractivity contribution is 5.98. The molecule has 2 amide bonds. The summed E-state index contributed by atoms with van der Waals surface area (Å²) in [6, 6.07) is 2.09. The number of aliphatic carboxylic acids is 1. The van der Waals surface area contributed by atoms with Crippen LogP contribution in [-0.4, -0.2) is 52.0 Å². The van der Waals surface area contributed by atoms with Crippen molar-refractivity contribution in [2.45, 2.75) is 25.4 Å². The van der Waals surface area contributed by atoms with E-state index in [0.29, 0.717) is 30.5 Å². The fraction of sp³-hybridized carbons (Fsp3) is 0.500. The van der Waals surface area contributed by atoms with E-state index in [1.807, 2.05) is 0 Å². The Morgan fingerprint density at radius 2 is 1.96 bits per heavy atom. The van der Waals surface area contributed by atoms with Gasteiger partial charge in [-0.2, -0.15) is 13.2 Å². The second-order valence-electron chi connectivity index (χ2n) is 6.40. The van der Waals surface area contributed by atoms with Crippen LogP contribution in [0.3, 0.4) is 0 Å². The molecule has 26 heavy (non-hydrogen) atoms. The van der Waals surface area contributed by atoms with E-state index >= 15 is 0 Å². The number of amides is 2. The van der Waals surface area contributed by atoms with Crippen LogP contribution in [0.1, 0.15) is 28.9 Å². The molecule has 2 N–H and O–H groups in total. The molecule has 1 fully saturated rings. The number of rotatable bonds is 2. The van der Waals surface area contributed by atoms with E-state index in [9.17, 15) is 27.6 Å². The maximum Gasteiger partial charge on any atom is 0.394 e. The minimum atomic E-state index is -4.71. The summed E-state index contributed by atoms with van der Waals surface area (Å²) in [5.41, 5.74) is 1.02. The van der Waals surface area contributed by atoms with Gasteiger partial charge in [-0.05, 0) is 25.0 Å². The van der Waals surface area contributed by atoms with Gasteiger partial charge < -0.3 is 10.0 Å². The third-order valence-corrected chi connectivity index (χ3v) is 4.67. The predicted octanol–water partition coefficient (Wildman–Crippen LogP) is 2.33. The molecule has 140 valence electrons. The summed E-state index contributed by atoms with van der Waals surface area (Å²) in [6.45, 7) is -1.26. The SMILES string of the molecule is O=C1CCCc2nc(NC(=O)N3C[C@@H](C(F)(F)F)[C@H](C(=O)O)C3)ccc21. The van der Waals surface area contributed by atoms with Crippen molar-refractivity contribution in [2.75, 3.05) is 18.4 Å². The highest BCUT2D eigenvalue weighted by Crippen LogP contribution is 2.37. The first-order valence-electron chi connectivity index (χ1n) is 8.05. The zero-order valence-electron chi connectivity index (χ0n) is 13.5. The Hall–Kier alpha value is -2.65. The lowest BCUT2D eigenvalue weighted by atomic mass is 9.95. The van der Waals surface area contributed by atoms with Gasteiger partial charge in [-0.3, -0.25) is 14.9 Å². The molecule has 3 rings (SSSR count). The van der Waals surface area contributed by atoms with E-state index in [0.717, 1.165) is 4.90 Å². The molecule has 1 saturated heterocycles. The average Bonchev–Trinajstić information content (AvgIpc) is 3.01. The van der Waals surface area contributed by atoms with Gasteiger partial charge in [0.05, 0.1) is 17.5 Å². The van der Waals surface area contributed by atoms with Gasteiger partial charge in [0.1, 0.15) is 5.82 Å². The molecule has 0 spiro atoms. The number of aryl methyl sites for hydroxylation is 1. The number of carbonyl (C=O) groups excluding carboxylic acids is 2. The summed E-state index contributed by atoms with van der Waals surface area (Å²) in [5, 5.41) is 11.4. The maximum atomic E-state index is 13.0. The Balaban J connectivity index is 1.72. The summed E-state index contributed by atoms with van der Waals surface area (Å²) < 4.78 is 39.0. The summed E-state index contributed by atoms with van der Waals surface area (Å²) in [5.74, 6) is -5.32. The lowest BCUT2D eigenvalue weighted by molar-refractivity contribution is -0.187. The van der Waals surface area contributed by atoms with Crippen LogP contribution in [0.4, 0.5) is 23.8 Å². The van der Waals surface area contributed by atoms with E-state index in [-0.39, 0.29) is 11.6 Å². The molecule has 7 nitrogen and oxygen atoms in total. The molecule has 2 atom stereocenters. The van der Waals surface area contributed by atoms with Crippen LogP contribution in [0.5, 0.6) is 0 Å². The number of nitrogens with zero attached hydrogens (tertiary/aromatic N) is 2. The first kappa shape index (κ1) is 18.2. The fourth-order valence-electron chi connectivity index (χ4n) is 3.31. The van der Waals surface area contributed by atoms with Gasteiger partial charge in [0.25, 0.3) is 0 Å². The normalized spacial score (nSPS) is 22.9. The number of ketones is 1. The van der Waals surface area contributed by atoms with E-state index in [1.165, 1.54) is 12.1 Å². The number of carbonyl (C=O) groups is 3. The second-order valence-corrected chi connectivity index (χ2v) is 6.40. The average molecular weight is 371 g/mol. The Bertz CT molecular complexity index is 766. The van der Waals surface area contributed by atoms with Crippen LogP contribution < -0.4 is 5.32 Å². The minimum absolute atomic E-state index is 0.0338. The Labute approximate surface area is 146 Å². The van der Waals surface area contributed by atoms with Gasteiger partial charge in [0.15, 0.2) is 5.78 Å². The maximum absolute atomic E-state index is 13.0. The monoisotopic (exact) mass is 371 g/mol. The highest BCUT2D eigenvalue weighted by atomic mass is 19.4. The van der Waals surface area contributed by atoms with Crippen molar-refractivity contribution in [3.05, 3.63) is 23.4 Å². The lowest BCUT2D eigenvalue weighted by Gasteiger charge is -2.19. The molecule has 1 aromatic rings. The Morgan fingerprint density at radius 1 is 1.23 bits per heavy atom. The number of hydrogen-bond donors (Lipinski definition) is 2. The number of hydrogen-bond acceptors (Lipinski definition) is 4. The number of halogens is 3. The topological polar surface area (TPSA) is 99.6 Å². The number of carboxylic acids is 1. The zero-order chi connectivity index (χ0) is 19.1. The second kappa shape index (κ2) is 6.58. The van der Waals surface area contributed by atoms with E-state index in [2.05, 4.69) is 10.3 Å². The molecule has 0 saturated carbocycles. The first-order chi connectivity index (χ1) is 12.2. The zero-order valence-corrected chi connectivity index (χ0v) is 13.5. The van der Waals surface area contributed by atoms with Gasteiger partial charge >= 0.3 is 18.2 Å². The number of carboxylic acid groups (broad SMARTS) is 1. The third kappa shape index (κ3) is 3.49. The molecule has 0 aromatic carbocycles. The van der Waals surface area contributed by atoms with Gasteiger partial charge in [0.2, 0.25) is 0 Å². The molecule has 2 heterocycles. The summed E-state index contributed by atoms with van der Waals surface area (Å²) in [7, 11) is 0. The van der Waals surface area contributed by atoms with Crippen molar-refractivity contribution in [1.82, 2.24) is 9.88 Å². The molecule has 0 radical (unpaired) electrons. The molecule has 10 heteroatoms. The van der Waals surface area contributed by atoms with Gasteiger partial charge in [0, 0.05) is 25.1 Å². The summed E-state index contributed by atoms with van der Waals surface area (Å²) in [4.78, 5) is 40.1. The van der Waals surface area contributed by atoms with E-state index in [1.54, 1.807) is 0 Å². The Kier molecular flexibility index (Phi) is 4.59. The van der Waals surface area contributed by atoms with E-state index in [4.69, 9.17) is 5.11 Å². The molecule has 2 aliphatic rings. The van der Waals surface area contributed by atoms with Crippen LogP contribution in [0.2, 0.25) is 0 Å². The van der Waals surface area contributed by atoms with Crippen LogP contribution in [0.25, 0.3) is 0 Å². The minimum Gasteiger partial charge on any atom is -0.481 e. The first-order valence-corrected chi connectivity index (χ1v) is 8.05. The molecule has 1 aromatic heterocycles. The van der Waals surface area contributed by atoms with Crippen LogP contribution in [0, 0.1) is 11.8 Å². The smallest absolute Gasteiger partial charge is 0.394 e. The quantitative estimate of drug-likeness (QED) is 0.831. The molecule has 1 aliphatic heterocycles. The van der Waals surface area contributed by atoms with Crippen molar-refractivity contribution >= 4 is 23.6 Å². The highest BCUT2D eigenvalue weighted by Gasteiger charge is 2.53. The van der Waals surface area contributed by atoms with Crippen LogP contribution in [-0.2, 0) is 11.2 Å². The number of Topliss-reactive ketones (excluding diaryl/α,β-unsaturated/α-hetero) is 1. The summed E-state index contributed by atoms with van der Waals surface area (Å²) in [6.07, 6.45) is -3.05. The van der Waals surface area contributed by atoms with Gasteiger partial charge in [-0.1, -0.05) is 0 Å². The van der Waals surface area contributed by atoms with Crippen molar-refractivity contribution in [1.29, 1.82) is 0 Å². The third-order valence-electron chi connectivity index (χ3n) is 4.67. The van der Waals surface area contributed by atoms with Gasteiger partial charge in [-0.25, -0.2) is 9.78 Å². The molecular weight excluding hydrogens is 355 g/mol. The van der Waals surface area contributed by atoms with Crippen molar-refractivity contribution < 1.29 is 32.7 Å². The number of pyridine rings is 1. The van der Waals surface area contributed by atoms with Crippen molar-refractivity contribution in [3.8, 4) is 0 Å². The molecule has 1 aliphatic carbocycles. The van der Waals surface area contributed by atoms with E-state index < -0.39 is 43.1 Å². The molecule has 0 unspecified atom stereocenters. The van der Waals surface area contributed by atoms with Crippen LogP contribution >= 0.6 is 0 Å². The number of alkyl halides is 3. The van der Waals surface area contributed by atoms with Gasteiger partial charge in [-0.15, -0.1) is 0 Å². The fourth-order valence-corrected chi connectivity index (χ4v) is 3.31. The largest absolute Gasteiger partial charge is 0.481 e. The van der Waals surface area contributed by atoms with Crippen molar-refractivity contribution in [3.63, 3.8) is 0 Å². The lowest BCUT2D eigenvalue weighted by Crippen LogP contribution is -2.35. The van der Waals surface area contributed by atoms with Crippen LogP contribution in [0.15, 0.2) is 12.1 Å². The number of aromatic nitrogens is 1. The van der Waals surface area contributed by atoms with Crippen molar-refractivity contribution in [2.24, 2.45) is 11.8 Å². The number of likely N-dealkylation sites (tertiary alicyclic amines) is 1. The molecule has 0 bridgehead atoms. The number of urea groups is 1. The standard InChI is InChI=1S/C16H16F3N3O4/c17-16(18,19)10-7-22(6-9(10)14(24)25)15(26)21-13-5-4-8-11(20-13)2-1-3-12(8)23/h4-5,9-10H,1-3,6-7H2,(H,24,25)(H,20,21,26)/t9-,10-/m1/s1. The summed E-state index contributed by atoms with van der Waals surface area (Å²) >= 11 is 0. The number of anilines is 1.